The van der Waals surface area contributed by atoms with Crippen molar-refractivity contribution in [3.63, 3.8) is 0 Å². The van der Waals surface area contributed by atoms with E-state index in [9.17, 15) is 4.79 Å². The van der Waals surface area contributed by atoms with Crippen molar-refractivity contribution in [2.24, 2.45) is 5.73 Å². The Hall–Kier alpha value is -2.28. The van der Waals surface area contributed by atoms with E-state index in [4.69, 9.17) is 5.73 Å². The van der Waals surface area contributed by atoms with E-state index in [2.05, 4.69) is 48.3 Å². The van der Waals surface area contributed by atoms with E-state index >= 15 is 0 Å². The Morgan fingerprint density at radius 3 is 2.62 bits per heavy atom. The van der Waals surface area contributed by atoms with E-state index in [1.165, 1.54) is 5.56 Å². The molecule has 3 rings (SSSR count). The first-order valence-corrected chi connectivity index (χ1v) is 9.87. The van der Waals surface area contributed by atoms with E-state index < -0.39 is 5.91 Å². The van der Waals surface area contributed by atoms with Gasteiger partial charge in [-0.3, -0.25) is 4.79 Å². The molecular formula is C19H25N5OS. The molecule has 6 nitrogen and oxygen atoms in total. The van der Waals surface area contributed by atoms with Crippen molar-refractivity contribution in [1.29, 1.82) is 0 Å². The van der Waals surface area contributed by atoms with Crippen molar-refractivity contribution in [2.75, 3.05) is 11.1 Å². The molecular weight excluding hydrogens is 346 g/mol. The van der Waals surface area contributed by atoms with Crippen molar-refractivity contribution in [3.8, 4) is 0 Å². The van der Waals surface area contributed by atoms with Crippen LogP contribution in [0.3, 0.4) is 0 Å². The van der Waals surface area contributed by atoms with Crippen molar-refractivity contribution >= 4 is 23.6 Å². The number of benzene rings is 1. The maximum atomic E-state index is 12.2. The second kappa shape index (κ2) is 7.53. The molecule has 1 amide bonds. The molecule has 1 aromatic heterocycles. The number of anilines is 1. The first-order chi connectivity index (χ1) is 12.4. The number of carbonyl (C=O) groups excluding carboxylic acids is 1. The molecule has 1 unspecified atom stereocenters. The predicted octanol–water partition coefficient (Wildman–Crippen LogP) is 3.68. The van der Waals surface area contributed by atoms with E-state index in [1.54, 1.807) is 16.4 Å². The fourth-order valence-corrected chi connectivity index (χ4v) is 3.76. The van der Waals surface area contributed by atoms with Crippen molar-refractivity contribution in [1.82, 2.24) is 14.8 Å². The molecule has 0 spiro atoms. The van der Waals surface area contributed by atoms with Crippen LogP contribution in [0.2, 0.25) is 0 Å². The molecule has 0 radical (unpaired) electrons. The van der Waals surface area contributed by atoms with E-state index in [1.807, 2.05) is 19.1 Å². The summed E-state index contributed by atoms with van der Waals surface area (Å²) in [5, 5.41) is 8.51. The SMILES string of the molecule is CCCSc1nc2n(n1)C(c1ccc(C(C)C)cc1)C(C(N)=O)=C(C)N2. The zero-order chi connectivity index (χ0) is 18.8. The summed E-state index contributed by atoms with van der Waals surface area (Å²) >= 11 is 1.61. The van der Waals surface area contributed by atoms with Crippen molar-refractivity contribution < 1.29 is 4.79 Å². The van der Waals surface area contributed by atoms with Crippen molar-refractivity contribution in [3.05, 3.63) is 46.7 Å². The summed E-state index contributed by atoms with van der Waals surface area (Å²) in [6.45, 7) is 8.29. The number of carbonyl (C=O) groups is 1. The zero-order valence-corrected chi connectivity index (χ0v) is 16.4. The molecule has 1 aromatic carbocycles. The van der Waals surface area contributed by atoms with Gasteiger partial charge in [0.15, 0.2) is 0 Å². The normalized spacial score (nSPS) is 16.6. The second-order valence-corrected chi connectivity index (χ2v) is 7.82. The minimum Gasteiger partial charge on any atom is -0.366 e. The standard InChI is InChI=1S/C19H25N5OS/c1-5-10-26-19-22-18-21-12(4)15(17(20)25)16(24(18)23-19)14-8-6-13(7-9-14)11(2)3/h6-9,11,16H,5,10H2,1-4H3,(H2,20,25)(H,21,22,23). The van der Waals surface area contributed by atoms with Crippen LogP contribution in [0.1, 0.15) is 57.2 Å². The summed E-state index contributed by atoms with van der Waals surface area (Å²) in [6.07, 6.45) is 1.05. The zero-order valence-electron chi connectivity index (χ0n) is 15.6. The molecule has 26 heavy (non-hydrogen) atoms. The molecule has 1 aliphatic rings. The maximum Gasteiger partial charge on any atom is 0.248 e. The maximum absolute atomic E-state index is 12.2. The van der Waals surface area contributed by atoms with Gasteiger partial charge < -0.3 is 11.1 Å². The van der Waals surface area contributed by atoms with Crippen LogP contribution in [0.4, 0.5) is 5.95 Å². The topological polar surface area (TPSA) is 85.8 Å². The third-order valence-corrected chi connectivity index (χ3v) is 5.50. The molecule has 0 fully saturated rings. The molecule has 2 aromatic rings. The van der Waals surface area contributed by atoms with Crippen LogP contribution in [0.5, 0.6) is 0 Å². The number of amides is 1. The lowest BCUT2D eigenvalue weighted by molar-refractivity contribution is -0.115. The number of rotatable bonds is 6. The average molecular weight is 372 g/mol. The summed E-state index contributed by atoms with van der Waals surface area (Å²) in [4.78, 5) is 16.7. The first-order valence-electron chi connectivity index (χ1n) is 8.89. The van der Waals surface area contributed by atoms with E-state index in [0.29, 0.717) is 22.6 Å². The van der Waals surface area contributed by atoms with Gasteiger partial charge in [-0.25, -0.2) is 4.68 Å². The van der Waals surface area contributed by atoms with Crippen LogP contribution in [-0.2, 0) is 4.79 Å². The highest BCUT2D eigenvalue weighted by atomic mass is 32.2. The van der Waals surface area contributed by atoms with Crippen LogP contribution in [0, 0.1) is 0 Å². The Morgan fingerprint density at radius 2 is 2.04 bits per heavy atom. The smallest absolute Gasteiger partial charge is 0.248 e. The number of thioether (sulfide) groups is 1. The highest BCUT2D eigenvalue weighted by Crippen LogP contribution is 2.36. The molecule has 0 saturated carbocycles. The molecule has 0 saturated heterocycles. The van der Waals surface area contributed by atoms with E-state index in [-0.39, 0.29) is 6.04 Å². The third kappa shape index (κ3) is 3.49. The number of allylic oxidation sites excluding steroid dienone is 1. The number of nitrogens with two attached hydrogens (primary N) is 1. The summed E-state index contributed by atoms with van der Waals surface area (Å²) in [7, 11) is 0. The number of nitrogens with zero attached hydrogens (tertiary/aromatic N) is 3. The Labute approximate surface area is 158 Å². The predicted molar refractivity (Wildman–Crippen MR) is 105 cm³/mol. The molecule has 7 heteroatoms. The van der Waals surface area contributed by atoms with Crippen LogP contribution in [-0.4, -0.2) is 26.4 Å². The minimum absolute atomic E-state index is 0.367. The quantitative estimate of drug-likeness (QED) is 0.757. The second-order valence-electron chi connectivity index (χ2n) is 6.76. The van der Waals surface area contributed by atoms with E-state index in [0.717, 1.165) is 23.4 Å². The Morgan fingerprint density at radius 1 is 1.35 bits per heavy atom. The van der Waals surface area contributed by atoms with Crippen LogP contribution < -0.4 is 11.1 Å². The van der Waals surface area contributed by atoms with Crippen molar-refractivity contribution in [2.45, 2.75) is 51.2 Å². The summed E-state index contributed by atoms with van der Waals surface area (Å²) in [6, 6.07) is 7.92. The van der Waals surface area contributed by atoms with Crippen LogP contribution in [0.15, 0.2) is 40.7 Å². The van der Waals surface area contributed by atoms with Gasteiger partial charge in [0.05, 0.1) is 5.57 Å². The number of fused-ring (bicyclic) bond motifs is 1. The lowest BCUT2D eigenvalue weighted by Gasteiger charge is -2.27. The molecule has 2 heterocycles. The fraction of sp³-hybridized carbons (Fsp3) is 0.421. The lowest BCUT2D eigenvalue weighted by Crippen LogP contribution is -2.31. The van der Waals surface area contributed by atoms with Gasteiger partial charge >= 0.3 is 0 Å². The molecule has 138 valence electrons. The summed E-state index contributed by atoms with van der Waals surface area (Å²) in [5.74, 6) is 1.59. The third-order valence-electron chi connectivity index (χ3n) is 4.45. The van der Waals surface area contributed by atoms with Gasteiger partial charge in [-0.05, 0) is 30.4 Å². The van der Waals surface area contributed by atoms with Gasteiger partial charge in [0.2, 0.25) is 17.0 Å². The molecule has 0 aliphatic carbocycles. The molecule has 1 atom stereocenters. The molecule has 0 bridgehead atoms. The Kier molecular flexibility index (Phi) is 5.36. The summed E-state index contributed by atoms with van der Waals surface area (Å²) < 4.78 is 1.77. The average Bonchev–Trinajstić information content (AvgIpc) is 3.00. The number of hydrogen-bond donors (Lipinski definition) is 2. The van der Waals surface area contributed by atoms with Crippen LogP contribution in [0.25, 0.3) is 0 Å². The highest BCUT2D eigenvalue weighted by Gasteiger charge is 2.33. The Bertz CT molecular complexity index is 838. The monoisotopic (exact) mass is 371 g/mol. The van der Waals surface area contributed by atoms with Gasteiger partial charge in [0.1, 0.15) is 6.04 Å². The largest absolute Gasteiger partial charge is 0.366 e. The van der Waals surface area contributed by atoms with Gasteiger partial charge in [0, 0.05) is 11.4 Å². The van der Waals surface area contributed by atoms with Gasteiger partial charge in [-0.1, -0.05) is 56.8 Å². The van der Waals surface area contributed by atoms with Gasteiger partial charge in [-0.15, -0.1) is 5.10 Å². The Balaban J connectivity index is 2.07. The molecule has 3 N–H and O–H groups in total. The van der Waals surface area contributed by atoms with Gasteiger partial charge in [-0.2, -0.15) is 4.98 Å². The number of aromatic nitrogens is 3. The lowest BCUT2D eigenvalue weighted by atomic mass is 9.93. The minimum atomic E-state index is -0.447. The number of primary amides is 1. The summed E-state index contributed by atoms with van der Waals surface area (Å²) in [5.41, 5.74) is 9.17. The molecule has 1 aliphatic heterocycles. The number of hydrogen-bond acceptors (Lipinski definition) is 5. The fourth-order valence-electron chi connectivity index (χ4n) is 3.08. The first kappa shape index (κ1) is 18.5. The number of nitrogens with one attached hydrogen (secondary N) is 1. The highest BCUT2D eigenvalue weighted by molar-refractivity contribution is 7.99. The van der Waals surface area contributed by atoms with Gasteiger partial charge in [0.25, 0.3) is 0 Å². The van der Waals surface area contributed by atoms with Crippen LogP contribution >= 0.6 is 11.8 Å².